The fourth-order valence-corrected chi connectivity index (χ4v) is 11.1. The SMILES string of the molecule is C[N+]1(CCCCCCOc2ccc(C(=C3C4CC5CC(C4)CC3C5)c3ccc(OCCCCCC[N+]4(C)CCC(O)CC4)cc3)cc2)CCC(O)CC1.[I-].[I-]. The van der Waals surface area contributed by atoms with Gasteiger partial charge in [0.1, 0.15) is 11.5 Å². The molecule has 0 atom stereocenters. The van der Waals surface area contributed by atoms with Crippen molar-refractivity contribution in [3.8, 4) is 11.5 Å². The van der Waals surface area contributed by atoms with Gasteiger partial charge in [-0.05, 0) is 148 Å². The summed E-state index contributed by atoms with van der Waals surface area (Å²) in [5.74, 6) is 5.34. The number of halogens is 2. The molecule has 55 heavy (non-hydrogen) atoms. The fraction of sp³-hybridized carbons (Fsp3) is 0.702. The summed E-state index contributed by atoms with van der Waals surface area (Å²) in [5.41, 5.74) is 5.91. The van der Waals surface area contributed by atoms with E-state index in [1.807, 2.05) is 0 Å². The second-order valence-electron chi connectivity index (χ2n) is 18.8. The molecule has 0 radical (unpaired) electrons. The van der Waals surface area contributed by atoms with Crippen LogP contribution in [0.15, 0.2) is 54.1 Å². The molecular formula is C47H72I2N2O4. The van der Waals surface area contributed by atoms with Crippen molar-refractivity contribution in [2.75, 3.05) is 66.6 Å². The lowest BCUT2D eigenvalue weighted by Gasteiger charge is -2.52. The van der Waals surface area contributed by atoms with Crippen molar-refractivity contribution in [1.29, 1.82) is 0 Å². The first-order valence-electron chi connectivity index (χ1n) is 22.0. The van der Waals surface area contributed by atoms with Crippen molar-refractivity contribution in [2.24, 2.45) is 23.7 Å². The molecule has 0 spiro atoms. The summed E-state index contributed by atoms with van der Waals surface area (Å²) in [6, 6.07) is 18.1. The number of allylic oxidation sites excluding steroid dienone is 1. The van der Waals surface area contributed by atoms with E-state index >= 15 is 0 Å². The van der Waals surface area contributed by atoms with E-state index in [0.717, 1.165) is 122 Å². The molecule has 2 aromatic rings. The van der Waals surface area contributed by atoms with Crippen LogP contribution in [-0.4, -0.2) is 98.0 Å². The molecule has 6 fully saturated rings. The Bertz CT molecular complexity index is 1350. The Hall–Kier alpha value is -0.920. The van der Waals surface area contributed by atoms with Gasteiger partial charge in [-0.3, -0.25) is 0 Å². The number of nitrogens with zero attached hydrogens (tertiary/aromatic N) is 2. The molecular weight excluding hydrogens is 910 g/mol. The number of aliphatic hydroxyl groups is 2. The van der Waals surface area contributed by atoms with Gasteiger partial charge >= 0.3 is 0 Å². The van der Waals surface area contributed by atoms with Crippen molar-refractivity contribution >= 4 is 5.57 Å². The van der Waals surface area contributed by atoms with Gasteiger partial charge in [0.2, 0.25) is 0 Å². The Labute approximate surface area is 368 Å². The average Bonchev–Trinajstić information content (AvgIpc) is 3.15. The predicted molar refractivity (Wildman–Crippen MR) is 216 cm³/mol. The second kappa shape index (κ2) is 21.4. The number of rotatable bonds is 18. The third kappa shape index (κ3) is 12.5. The van der Waals surface area contributed by atoms with E-state index in [4.69, 9.17) is 9.47 Å². The van der Waals surface area contributed by atoms with Gasteiger partial charge in [-0.2, -0.15) is 0 Å². The van der Waals surface area contributed by atoms with Crippen molar-refractivity contribution in [3.05, 3.63) is 65.2 Å². The summed E-state index contributed by atoms with van der Waals surface area (Å²) in [5, 5.41) is 19.7. The van der Waals surface area contributed by atoms with Crippen LogP contribution in [0.2, 0.25) is 0 Å². The maximum Gasteiger partial charge on any atom is 0.119 e. The van der Waals surface area contributed by atoms with Gasteiger partial charge in [-0.25, -0.2) is 0 Å². The Morgan fingerprint density at radius 1 is 0.527 bits per heavy atom. The van der Waals surface area contributed by atoms with Crippen molar-refractivity contribution < 1.29 is 76.6 Å². The maximum atomic E-state index is 9.86. The Balaban J connectivity index is 0.00000290. The highest BCUT2D eigenvalue weighted by Crippen LogP contribution is 2.58. The fourth-order valence-electron chi connectivity index (χ4n) is 11.1. The summed E-state index contributed by atoms with van der Waals surface area (Å²) >= 11 is 0. The molecule has 4 saturated carbocycles. The van der Waals surface area contributed by atoms with Crippen molar-refractivity contribution in [3.63, 3.8) is 0 Å². The Kier molecular flexibility index (Phi) is 17.6. The van der Waals surface area contributed by atoms with Crippen LogP contribution in [0.3, 0.4) is 0 Å². The summed E-state index contributed by atoms with van der Waals surface area (Å²) in [4.78, 5) is 0. The van der Waals surface area contributed by atoms with E-state index in [9.17, 15) is 10.2 Å². The number of piperidine rings is 2. The minimum atomic E-state index is -0.0756. The standard InChI is InChI=1S/C47H72N2O4.2HI/c1-48(25-19-42(50)20-26-48)23-7-3-5-9-29-52-44-15-11-38(12-16-44)46(47-40-32-36-31-37(34-40)35-41(47)33-36)39-13-17-45(18-14-39)53-30-10-6-4-8-24-49(2)27-21-43(51)22-28-49;;/h11-18,36-37,40-43,50-51H,3-10,19-35H2,1-2H3;2*1H/q+2;;/p-2. The second-order valence-corrected chi connectivity index (χ2v) is 18.8. The zero-order valence-corrected chi connectivity index (χ0v) is 38.4. The lowest BCUT2D eigenvalue weighted by molar-refractivity contribution is -0.915. The molecule has 0 aromatic heterocycles. The van der Waals surface area contributed by atoms with E-state index in [1.165, 1.54) is 100 Å². The van der Waals surface area contributed by atoms with Gasteiger partial charge in [-0.15, -0.1) is 0 Å². The van der Waals surface area contributed by atoms with Gasteiger partial charge in [0.25, 0.3) is 0 Å². The monoisotopic (exact) mass is 982 g/mol. The van der Waals surface area contributed by atoms with Gasteiger partial charge in [-0.1, -0.05) is 29.8 Å². The third-order valence-electron chi connectivity index (χ3n) is 14.3. The summed E-state index contributed by atoms with van der Waals surface area (Å²) < 4.78 is 14.8. The summed E-state index contributed by atoms with van der Waals surface area (Å²) in [6.45, 7) is 8.52. The minimum Gasteiger partial charge on any atom is -1.00 e. The first-order valence-corrected chi connectivity index (χ1v) is 22.0. The molecule has 2 saturated heterocycles. The van der Waals surface area contributed by atoms with Gasteiger partial charge in [0, 0.05) is 25.7 Å². The number of likely N-dealkylation sites (tertiary alicyclic amines) is 2. The van der Waals surface area contributed by atoms with E-state index in [2.05, 4.69) is 62.6 Å². The first-order chi connectivity index (χ1) is 25.7. The lowest BCUT2D eigenvalue weighted by atomic mass is 9.53. The van der Waals surface area contributed by atoms with Crippen molar-refractivity contribution in [1.82, 2.24) is 0 Å². The van der Waals surface area contributed by atoms with Crippen LogP contribution in [0.1, 0.15) is 120 Å². The highest BCUT2D eigenvalue weighted by molar-refractivity contribution is 5.83. The summed E-state index contributed by atoms with van der Waals surface area (Å²) in [7, 11) is 4.73. The highest BCUT2D eigenvalue weighted by atomic mass is 127. The van der Waals surface area contributed by atoms with Crippen LogP contribution in [0.4, 0.5) is 0 Å². The van der Waals surface area contributed by atoms with Gasteiger partial charge in [0.15, 0.2) is 0 Å². The Morgan fingerprint density at radius 2 is 0.891 bits per heavy atom. The van der Waals surface area contributed by atoms with Crippen LogP contribution >= 0.6 is 0 Å². The van der Waals surface area contributed by atoms with E-state index < -0.39 is 0 Å². The number of ether oxygens (including phenoxy) is 2. The number of aliphatic hydroxyl groups excluding tert-OH is 2. The molecule has 6 nitrogen and oxygen atoms in total. The quantitative estimate of drug-likeness (QED) is 0.137. The molecule has 6 aliphatic rings. The van der Waals surface area contributed by atoms with E-state index in [0.29, 0.717) is 0 Å². The molecule has 2 N–H and O–H groups in total. The molecule has 0 amide bonds. The van der Waals surface area contributed by atoms with Crippen molar-refractivity contribution in [2.45, 2.75) is 121 Å². The number of hydrogen-bond donors (Lipinski definition) is 2. The smallest absolute Gasteiger partial charge is 0.119 e. The van der Waals surface area contributed by atoms with Crippen LogP contribution in [0.5, 0.6) is 11.5 Å². The molecule has 308 valence electrons. The van der Waals surface area contributed by atoms with Crippen LogP contribution in [0, 0.1) is 23.7 Å². The molecule has 0 unspecified atom stereocenters. The van der Waals surface area contributed by atoms with Crippen LogP contribution in [0.25, 0.3) is 5.57 Å². The van der Waals surface area contributed by atoms with E-state index in [-0.39, 0.29) is 60.2 Å². The van der Waals surface area contributed by atoms with E-state index in [1.54, 1.807) is 5.57 Å². The molecule has 4 aliphatic carbocycles. The molecule has 4 bridgehead atoms. The highest BCUT2D eigenvalue weighted by Gasteiger charge is 2.46. The van der Waals surface area contributed by atoms with Gasteiger partial charge in [0.05, 0.1) is 78.8 Å². The molecule has 2 aromatic carbocycles. The first kappa shape index (κ1) is 45.2. The molecule has 8 heteroatoms. The number of quaternary nitrogens is 2. The molecule has 2 heterocycles. The predicted octanol–water partition coefficient (Wildman–Crippen LogP) is 3.03. The summed E-state index contributed by atoms with van der Waals surface area (Å²) in [6.07, 6.45) is 20.4. The molecule has 8 rings (SSSR count). The number of benzene rings is 2. The Morgan fingerprint density at radius 3 is 1.27 bits per heavy atom. The minimum absolute atomic E-state index is 0. The number of unbranched alkanes of at least 4 members (excludes halogenated alkanes) is 6. The normalized spacial score (nSPS) is 31.0. The average molecular weight is 983 g/mol. The largest absolute Gasteiger partial charge is 1.00 e. The number of hydrogen-bond acceptors (Lipinski definition) is 4. The zero-order chi connectivity index (χ0) is 36.7. The maximum absolute atomic E-state index is 9.86. The van der Waals surface area contributed by atoms with Gasteiger partial charge < -0.3 is 76.6 Å². The molecule has 2 aliphatic heterocycles. The third-order valence-corrected chi connectivity index (χ3v) is 14.3. The zero-order valence-electron chi connectivity index (χ0n) is 34.1. The van der Waals surface area contributed by atoms with Crippen LogP contribution < -0.4 is 57.4 Å². The van der Waals surface area contributed by atoms with Crippen LogP contribution in [-0.2, 0) is 0 Å². The lowest BCUT2D eigenvalue weighted by Crippen LogP contribution is -3.00. The topological polar surface area (TPSA) is 58.9 Å².